The summed E-state index contributed by atoms with van der Waals surface area (Å²) in [5.74, 6) is 2.09. The summed E-state index contributed by atoms with van der Waals surface area (Å²) < 4.78 is 7.39. The molecule has 1 fully saturated rings. The standard InChI is InChI=1S/C29H34ClN7O2/c1-3-4-13-25-31-26(30)28(36-18-9-5-6-12-24(36)29(38)39-2)37(25)19-20-14-16-21(17-15-20)22-10-7-8-11-23(22)27-32-34-35-33-27/h7-8,10-11,14-17,24H,3-6,9,12-13,18-19H2,1-2H3,(H,32,33,34,35)/t24-/m1/s1. The minimum Gasteiger partial charge on any atom is -0.467 e. The first kappa shape index (κ1) is 26.9. The fourth-order valence-electron chi connectivity index (χ4n) is 5.34. The number of esters is 1. The number of rotatable bonds is 9. The van der Waals surface area contributed by atoms with Gasteiger partial charge in [0.1, 0.15) is 17.7 Å². The second-order valence-corrected chi connectivity index (χ2v) is 10.2. The summed E-state index contributed by atoms with van der Waals surface area (Å²) in [5, 5.41) is 15.0. The largest absolute Gasteiger partial charge is 0.467 e. The fourth-order valence-corrected chi connectivity index (χ4v) is 5.65. The number of ether oxygens (including phenoxy) is 1. The zero-order valence-electron chi connectivity index (χ0n) is 22.4. The summed E-state index contributed by atoms with van der Waals surface area (Å²) in [5.41, 5.74) is 4.13. The van der Waals surface area contributed by atoms with Gasteiger partial charge in [0.15, 0.2) is 5.15 Å². The Morgan fingerprint density at radius 2 is 1.90 bits per heavy atom. The summed E-state index contributed by atoms with van der Waals surface area (Å²) >= 11 is 6.82. The van der Waals surface area contributed by atoms with Gasteiger partial charge in [0.05, 0.1) is 13.7 Å². The zero-order chi connectivity index (χ0) is 27.2. The number of carbonyl (C=O) groups is 1. The number of aromatic nitrogens is 6. The number of unbranched alkanes of at least 4 members (excludes halogenated alkanes) is 1. The molecule has 0 radical (unpaired) electrons. The van der Waals surface area contributed by atoms with Gasteiger partial charge in [0.25, 0.3) is 0 Å². The molecule has 1 aliphatic rings. The predicted octanol–water partition coefficient (Wildman–Crippen LogP) is 5.70. The fraction of sp³-hybridized carbons (Fsp3) is 0.414. The number of carbonyl (C=O) groups excluding carboxylic acids is 1. The Labute approximate surface area is 233 Å². The molecular weight excluding hydrogens is 514 g/mol. The quantitative estimate of drug-likeness (QED) is 0.268. The summed E-state index contributed by atoms with van der Waals surface area (Å²) in [6, 6.07) is 16.1. The van der Waals surface area contributed by atoms with Crippen LogP contribution in [0.2, 0.25) is 5.15 Å². The number of imidazole rings is 1. The van der Waals surface area contributed by atoms with E-state index in [1.54, 1.807) is 0 Å². The number of methoxy groups -OCH3 is 1. The Morgan fingerprint density at radius 1 is 1.10 bits per heavy atom. The second-order valence-electron chi connectivity index (χ2n) is 9.89. The van der Waals surface area contributed by atoms with E-state index in [0.29, 0.717) is 17.5 Å². The van der Waals surface area contributed by atoms with Crippen LogP contribution in [0.4, 0.5) is 5.82 Å². The van der Waals surface area contributed by atoms with E-state index in [1.807, 2.05) is 18.2 Å². The van der Waals surface area contributed by atoms with Gasteiger partial charge in [-0.2, -0.15) is 5.21 Å². The molecule has 1 aliphatic heterocycles. The molecule has 1 saturated heterocycles. The molecule has 5 rings (SSSR count). The van der Waals surface area contributed by atoms with E-state index >= 15 is 0 Å². The number of hydrogen-bond acceptors (Lipinski definition) is 7. The van der Waals surface area contributed by atoms with Crippen LogP contribution in [-0.2, 0) is 22.5 Å². The third-order valence-electron chi connectivity index (χ3n) is 7.35. The van der Waals surface area contributed by atoms with Crippen molar-refractivity contribution in [3.8, 4) is 22.5 Å². The lowest BCUT2D eigenvalue weighted by atomic mass is 9.98. The van der Waals surface area contributed by atoms with Gasteiger partial charge >= 0.3 is 5.97 Å². The van der Waals surface area contributed by atoms with Gasteiger partial charge in [-0.05, 0) is 41.2 Å². The molecule has 0 amide bonds. The molecule has 1 atom stereocenters. The highest BCUT2D eigenvalue weighted by molar-refractivity contribution is 6.32. The molecule has 2 aromatic heterocycles. The van der Waals surface area contributed by atoms with E-state index in [2.05, 4.69) is 67.3 Å². The van der Waals surface area contributed by atoms with Crippen LogP contribution in [-0.4, -0.2) is 55.8 Å². The monoisotopic (exact) mass is 547 g/mol. The normalized spacial score (nSPS) is 15.8. The maximum atomic E-state index is 12.8. The first-order valence-corrected chi connectivity index (χ1v) is 14.0. The number of tetrazole rings is 1. The average Bonchev–Trinajstić information content (AvgIpc) is 3.53. The Kier molecular flexibility index (Phi) is 8.56. The number of hydrogen-bond donors (Lipinski definition) is 1. The number of aryl methyl sites for hydroxylation is 1. The molecule has 0 spiro atoms. The minimum absolute atomic E-state index is 0.222. The summed E-state index contributed by atoms with van der Waals surface area (Å²) in [7, 11) is 1.45. The molecular formula is C29H34ClN7O2. The molecule has 0 aliphatic carbocycles. The smallest absolute Gasteiger partial charge is 0.328 e. The molecule has 1 N–H and O–H groups in total. The van der Waals surface area contributed by atoms with Gasteiger partial charge in [-0.25, -0.2) is 9.78 Å². The molecule has 0 unspecified atom stereocenters. The molecule has 10 heteroatoms. The third-order valence-corrected chi connectivity index (χ3v) is 7.60. The lowest BCUT2D eigenvalue weighted by molar-refractivity contribution is -0.142. The highest BCUT2D eigenvalue weighted by atomic mass is 35.5. The van der Waals surface area contributed by atoms with Crippen molar-refractivity contribution in [1.29, 1.82) is 0 Å². The minimum atomic E-state index is -0.367. The summed E-state index contributed by atoms with van der Waals surface area (Å²) in [6.45, 7) is 3.51. The maximum absolute atomic E-state index is 12.8. The van der Waals surface area contributed by atoms with Gasteiger partial charge in [0, 0.05) is 18.5 Å². The highest BCUT2D eigenvalue weighted by Gasteiger charge is 2.33. The van der Waals surface area contributed by atoms with E-state index in [1.165, 1.54) is 7.11 Å². The van der Waals surface area contributed by atoms with Gasteiger partial charge in [-0.3, -0.25) is 0 Å². The van der Waals surface area contributed by atoms with Crippen molar-refractivity contribution in [3.63, 3.8) is 0 Å². The number of nitrogens with one attached hydrogen (secondary N) is 1. The molecule has 0 bridgehead atoms. The van der Waals surface area contributed by atoms with E-state index in [9.17, 15) is 4.79 Å². The SMILES string of the molecule is CCCCc1nc(Cl)c(N2CCCCC[C@@H]2C(=O)OC)n1Cc1ccc(-c2ccccc2-c2nn[nH]n2)cc1. The Balaban J connectivity index is 1.49. The third kappa shape index (κ3) is 5.83. The first-order valence-electron chi connectivity index (χ1n) is 13.6. The van der Waals surface area contributed by atoms with Crippen molar-refractivity contribution in [2.75, 3.05) is 18.6 Å². The van der Waals surface area contributed by atoms with Gasteiger partial charge in [-0.15, -0.1) is 10.2 Å². The van der Waals surface area contributed by atoms with E-state index in [-0.39, 0.29) is 12.0 Å². The Morgan fingerprint density at radius 3 is 2.62 bits per heavy atom. The number of anilines is 1. The van der Waals surface area contributed by atoms with Crippen molar-refractivity contribution >= 4 is 23.4 Å². The van der Waals surface area contributed by atoms with E-state index in [4.69, 9.17) is 21.3 Å². The van der Waals surface area contributed by atoms with E-state index in [0.717, 1.165) is 85.4 Å². The zero-order valence-corrected chi connectivity index (χ0v) is 23.2. The second kappa shape index (κ2) is 12.4. The number of halogens is 1. The van der Waals surface area contributed by atoms with Crippen LogP contribution in [0.5, 0.6) is 0 Å². The maximum Gasteiger partial charge on any atom is 0.328 e. The van der Waals surface area contributed by atoms with Gasteiger partial charge in [0.2, 0.25) is 5.82 Å². The molecule has 9 nitrogen and oxygen atoms in total. The van der Waals surface area contributed by atoms with Crippen molar-refractivity contribution in [2.45, 2.75) is 64.5 Å². The highest BCUT2D eigenvalue weighted by Crippen LogP contribution is 2.34. The molecule has 204 valence electrons. The average molecular weight is 548 g/mol. The Bertz CT molecular complexity index is 1390. The van der Waals surface area contributed by atoms with Crippen molar-refractivity contribution in [2.24, 2.45) is 0 Å². The van der Waals surface area contributed by atoms with Crippen LogP contribution in [0.25, 0.3) is 22.5 Å². The van der Waals surface area contributed by atoms with Crippen LogP contribution in [0.3, 0.4) is 0 Å². The molecule has 39 heavy (non-hydrogen) atoms. The van der Waals surface area contributed by atoms with Crippen molar-refractivity contribution in [3.05, 3.63) is 65.1 Å². The topological polar surface area (TPSA) is 102 Å². The van der Waals surface area contributed by atoms with Crippen LogP contribution in [0.15, 0.2) is 48.5 Å². The van der Waals surface area contributed by atoms with Gasteiger partial charge < -0.3 is 14.2 Å². The predicted molar refractivity (Wildman–Crippen MR) is 152 cm³/mol. The Hall–Kier alpha value is -3.72. The first-order chi connectivity index (χ1) is 19.1. The van der Waals surface area contributed by atoms with Crippen LogP contribution in [0, 0.1) is 0 Å². The van der Waals surface area contributed by atoms with Crippen LogP contribution < -0.4 is 4.90 Å². The number of benzene rings is 2. The van der Waals surface area contributed by atoms with Crippen molar-refractivity contribution < 1.29 is 9.53 Å². The molecule has 2 aromatic carbocycles. The van der Waals surface area contributed by atoms with Crippen molar-refractivity contribution in [1.82, 2.24) is 30.2 Å². The molecule has 4 aromatic rings. The van der Waals surface area contributed by atoms with Crippen LogP contribution in [0.1, 0.15) is 56.8 Å². The summed E-state index contributed by atoms with van der Waals surface area (Å²) in [4.78, 5) is 19.7. The van der Waals surface area contributed by atoms with Gasteiger partial charge in [-0.1, -0.05) is 86.3 Å². The summed E-state index contributed by atoms with van der Waals surface area (Å²) in [6.07, 6.45) is 6.69. The van der Waals surface area contributed by atoms with E-state index < -0.39 is 0 Å². The lowest BCUT2D eigenvalue weighted by Gasteiger charge is -2.31. The molecule has 0 saturated carbocycles. The lowest BCUT2D eigenvalue weighted by Crippen LogP contribution is -2.43. The van der Waals surface area contributed by atoms with Crippen LogP contribution >= 0.6 is 11.6 Å². The molecule has 3 heterocycles. The number of nitrogens with zero attached hydrogens (tertiary/aromatic N) is 6. The number of H-pyrrole nitrogens is 1. The number of aromatic amines is 1.